The molecule has 0 aromatic heterocycles. The van der Waals surface area contributed by atoms with Crippen LogP contribution in [0.2, 0.25) is 0 Å². The van der Waals surface area contributed by atoms with E-state index in [4.69, 9.17) is 10.5 Å². The van der Waals surface area contributed by atoms with Crippen molar-refractivity contribution in [3.63, 3.8) is 0 Å². The molecule has 2 unspecified atom stereocenters. The van der Waals surface area contributed by atoms with Crippen LogP contribution in [0.15, 0.2) is 24.3 Å². The Hall–Kier alpha value is -0.870. The van der Waals surface area contributed by atoms with Crippen LogP contribution in [0.3, 0.4) is 0 Å². The molecule has 0 amide bonds. The third kappa shape index (κ3) is 4.88. The number of rotatable bonds is 6. The van der Waals surface area contributed by atoms with E-state index >= 15 is 0 Å². The van der Waals surface area contributed by atoms with Gasteiger partial charge in [-0.15, -0.1) is 0 Å². The lowest BCUT2D eigenvalue weighted by atomic mass is 10.1. The molecule has 1 rings (SSSR count). The minimum atomic E-state index is -0.828. The third-order valence-corrected chi connectivity index (χ3v) is 3.74. The minimum absolute atomic E-state index is 0.163. The molecule has 4 heteroatoms. The number of benzene rings is 1. The molecule has 0 fully saturated rings. The molecular formula is C13H21NO2S. The molecule has 2 N–H and O–H groups in total. The maximum Gasteiger partial charge on any atom is 0.119 e. The van der Waals surface area contributed by atoms with E-state index in [0.717, 1.165) is 11.3 Å². The first-order chi connectivity index (χ1) is 8.02. The van der Waals surface area contributed by atoms with Crippen molar-refractivity contribution in [2.45, 2.75) is 32.9 Å². The molecular weight excluding hydrogens is 234 g/mol. The summed E-state index contributed by atoms with van der Waals surface area (Å²) in [6.07, 6.45) is 0.169. The van der Waals surface area contributed by atoms with Gasteiger partial charge in [-0.05, 0) is 31.5 Å². The number of nitrogens with two attached hydrogens (primary N) is 1. The Morgan fingerprint density at radius 3 is 2.35 bits per heavy atom. The van der Waals surface area contributed by atoms with Crippen molar-refractivity contribution in [3.8, 4) is 5.75 Å². The largest absolute Gasteiger partial charge is 0.491 e. The van der Waals surface area contributed by atoms with Crippen molar-refractivity contribution < 1.29 is 8.95 Å². The molecule has 0 spiro atoms. The van der Waals surface area contributed by atoms with Gasteiger partial charge in [0.2, 0.25) is 0 Å². The fourth-order valence-corrected chi connectivity index (χ4v) is 2.31. The van der Waals surface area contributed by atoms with Crippen LogP contribution in [0.25, 0.3) is 0 Å². The summed E-state index contributed by atoms with van der Waals surface area (Å²) in [5.74, 6) is 2.01. The van der Waals surface area contributed by atoms with Crippen LogP contribution in [0.1, 0.15) is 32.4 Å². The minimum Gasteiger partial charge on any atom is -0.491 e. The highest BCUT2D eigenvalue weighted by molar-refractivity contribution is 7.84. The van der Waals surface area contributed by atoms with Crippen molar-refractivity contribution >= 4 is 10.8 Å². The highest BCUT2D eigenvalue weighted by Crippen LogP contribution is 2.18. The molecule has 0 bridgehead atoms. The van der Waals surface area contributed by atoms with E-state index in [1.807, 2.05) is 45.0 Å². The van der Waals surface area contributed by atoms with Crippen molar-refractivity contribution in [1.82, 2.24) is 0 Å². The number of hydrogen-bond acceptors (Lipinski definition) is 3. The van der Waals surface area contributed by atoms with E-state index < -0.39 is 10.8 Å². The first kappa shape index (κ1) is 14.2. The van der Waals surface area contributed by atoms with Crippen LogP contribution in [-0.2, 0) is 10.8 Å². The average molecular weight is 255 g/mol. The average Bonchev–Trinajstić information content (AvgIpc) is 2.28. The highest BCUT2D eigenvalue weighted by atomic mass is 32.2. The SMILES string of the molecule is CCS(=O)CC(N)c1ccc(OC(C)C)cc1. The second-order valence-electron chi connectivity index (χ2n) is 4.24. The van der Waals surface area contributed by atoms with Crippen LogP contribution in [0.5, 0.6) is 5.75 Å². The topological polar surface area (TPSA) is 52.3 Å². The zero-order valence-electron chi connectivity index (χ0n) is 10.7. The Balaban J connectivity index is 2.63. The van der Waals surface area contributed by atoms with Gasteiger partial charge >= 0.3 is 0 Å². The van der Waals surface area contributed by atoms with Crippen molar-refractivity contribution in [2.75, 3.05) is 11.5 Å². The molecule has 0 saturated heterocycles. The monoisotopic (exact) mass is 255 g/mol. The van der Waals surface area contributed by atoms with E-state index in [1.54, 1.807) is 0 Å². The fourth-order valence-electron chi connectivity index (χ4n) is 1.48. The lowest BCUT2D eigenvalue weighted by Gasteiger charge is -2.13. The van der Waals surface area contributed by atoms with Gasteiger partial charge in [-0.3, -0.25) is 4.21 Å². The van der Waals surface area contributed by atoms with Crippen LogP contribution in [-0.4, -0.2) is 21.8 Å². The summed E-state index contributed by atoms with van der Waals surface area (Å²) in [6.45, 7) is 5.89. The Labute approximate surface area is 106 Å². The van der Waals surface area contributed by atoms with E-state index in [0.29, 0.717) is 11.5 Å². The summed E-state index contributed by atoms with van der Waals surface area (Å²) in [5, 5.41) is 0. The zero-order valence-corrected chi connectivity index (χ0v) is 11.5. The second kappa shape index (κ2) is 6.77. The van der Waals surface area contributed by atoms with Gasteiger partial charge in [-0.25, -0.2) is 0 Å². The Bertz CT molecular complexity index is 362. The molecule has 0 heterocycles. The smallest absolute Gasteiger partial charge is 0.119 e. The molecule has 0 saturated carbocycles. The van der Waals surface area contributed by atoms with Crippen molar-refractivity contribution in [3.05, 3.63) is 29.8 Å². The van der Waals surface area contributed by atoms with E-state index in [1.165, 1.54) is 0 Å². The molecule has 17 heavy (non-hydrogen) atoms. The predicted octanol–water partition coefficient (Wildman–Crippen LogP) is 2.24. The molecule has 0 aliphatic heterocycles. The lowest BCUT2D eigenvalue weighted by Crippen LogP contribution is -2.19. The van der Waals surface area contributed by atoms with Gasteiger partial charge < -0.3 is 10.5 Å². The van der Waals surface area contributed by atoms with Crippen LogP contribution >= 0.6 is 0 Å². The van der Waals surface area contributed by atoms with E-state index in [9.17, 15) is 4.21 Å². The standard InChI is InChI=1S/C13H21NO2S/c1-4-17(15)9-13(14)11-5-7-12(8-6-11)16-10(2)3/h5-8,10,13H,4,9,14H2,1-3H3. The quantitative estimate of drug-likeness (QED) is 0.848. The normalized spacial score (nSPS) is 14.6. The summed E-state index contributed by atoms with van der Waals surface area (Å²) < 4.78 is 17.0. The first-order valence-corrected chi connectivity index (χ1v) is 7.39. The lowest BCUT2D eigenvalue weighted by molar-refractivity contribution is 0.242. The van der Waals surface area contributed by atoms with E-state index in [2.05, 4.69) is 0 Å². The summed E-state index contributed by atoms with van der Waals surface area (Å²) in [7, 11) is -0.828. The molecule has 3 nitrogen and oxygen atoms in total. The highest BCUT2D eigenvalue weighted by Gasteiger charge is 2.09. The predicted molar refractivity (Wildman–Crippen MR) is 72.7 cm³/mol. The van der Waals surface area contributed by atoms with Gasteiger partial charge in [0.1, 0.15) is 5.75 Å². The van der Waals surface area contributed by atoms with Gasteiger partial charge in [0.25, 0.3) is 0 Å². The van der Waals surface area contributed by atoms with Gasteiger partial charge in [0.15, 0.2) is 0 Å². The van der Waals surface area contributed by atoms with Crippen molar-refractivity contribution in [2.24, 2.45) is 5.73 Å². The van der Waals surface area contributed by atoms with Gasteiger partial charge in [0.05, 0.1) is 6.10 Å². The Morgan fingerprint density at radius 1 is 1.29 bits per heavy atom. The summed E-state index contributed by atoms with van der Waals surface area (Å²) in [5.41, 5.74) is 6.99. The van der Waals surface area contributed by atoms with Crippen LogP contribution < -0.4 is 10.5 Å². The maximum absolute atomic E-state index is 11.4. The summed E-state index contributed by atoms with van der Waals surface area (Å²) in [4.78, 5) is 0. The van der Waals surface area contributed by atoms with Crippen molar-refractivity contribution in [1.29, 1.82) is 0 Å². The molecule has 0 aliphatic carbocycles. The van der Waals surface area contributed by atoms with Gasteiger partial charge in [0, 0.05) is 28.3 Å². The van der Waals surface area contributed by atoms with Crippen LogP contribution in [0, 0.1) is 0 Å². The molecule has 2 atom stereocenters. The van der Waals surface area contributed by atoms with E-state index in [-0.39, 0.29) is 12.1 Å². The number of hydrogen-bond donors (Lipinski definition) is 1. The van der Waals surface area contributed by atoms with Gasteiger partial charge in [-0.1, -0.05) is 19.1 Å². The Kier molecular flexibility index (Phi) is 5.65. The summed E-state index contributed by atoms with van der Waals surface area (Å²) >= 11 is 0. The maximum atomic E-state index is 11.4. The molecule has 0 radical (unpaired) electrons. The zero-order chi connectivity index (χ0) is 12.8. The summed E-state index contributed by atoms with van der Waals surface area (Å²) in [6, 6.07) is 7.53. The van der Waals surface area contributed by atoms with Gasteiger partial charge in [-0.2, -0.15) is 0 Å². The molecule has 1 aromatic carbocycles. The molecule has 0 aliphatic rings. The Morgan fingerprint density at radius 2 is 1.88 bits per heavy atom. The molecule has 96 valence electrons. The third-order valence-electron chi connectivity index (χ3n) is 2.37. The number of ether oxygens (including phenoxy) is 1. The second-order valence-corrected chi connectivity index (χ2v) is 6.03. The first-order valence-electron chi connectivity index (χ1n) is 5.90. The van der Waals surface area contributed by atoms with Crippen LogP contribution in [0.4, 0.5) is 0 Å². The molecule has 1 aromatic rings. The fraction of sp³-hybridized carbons (Fsp3) is 0.538.